The minimum atomic E-state index is -0.758. The lowest BCUT2D eigenvalue weighted by Crippen LogP contribution is -2.17. The van der Waals surface area contributed by atoms with Gasteiger partial charge in [0.1, 0.15) is 24.7 Å². The smallest absolute Gasteiger partial charge is 0.427 e. The highest BCUT2D eigenvalue weighted by Crippen LogP contribution is 2.27. The number of non-ortho nitro benzene ring substituents is 1. The first-order chi connectivity index (χ1) is 14.3. The summed E-state index contributed by atoms with van der Waals surface area (Å²) in [5.41, 5.74) is 4.54. The summed E-state index contributed by atoms with van der Waals surface area (Å²) in [5.74, 6) is 1.50. The molecule has 0 unspecified atom stereocenters. The van der Waals surface area contributed by atoms with E-state index in [0.29, 0.717) is 17.2 Å². The molecule has 0 saturated heterocycles. The monoisotopic (exact) mass is 415 g/mol. The standard InChI is InChI=1S/C21H25N3O6/c1-14(2)18-7-5-15(3)11-20(18)30-10-9-29-19-8-6-17(24(26)27)12-16(19)13-22-23-21(25)28-4/h5-8,11-14H,9-10H2,1-4H3,(H,23,25). The van der Waals surface area contributed by atoms with Gasteiger partial charge in [0, 0.05) is 17.7 Å². The maximum atomic E-state index is 11.1. The maximum Gasteiger partial charge on any atom is 0.427 e. The summed E-state index contributed by atoms with van der Waals surface area (Å²) in [7, 11) is 1.20. The van der Waals surface area contributed by atoms with Gasteiger partial charge in [-0.1, -0.05) is 26.0 Å². The van der Waals surface area contributed by atoms with E-state index in [1.165, 1.54) is 31.5 Å². The van der Waals surface area contributed by atoms with Gasteiger partial charge in [-0.25, -0.2) is 10.2 Å². The molecule has 0 saturated carbocycles. The van der Waals surface area contributed by atoms with E-state index in [1.807, 2.05) is 19.1 Å². The Morgan fingerprint density at radius 2 is 1.87 bits per heavy atom. The number of hydrogen-bond donors (Lipinski definition) is 1. The van der Waals surface area contributed by atoms with Crippen molar-refractivity contribution in [1.29, 1.82) is 0 Å². The third-order valence-electron chi connectivity index (χ3n) is 4.14. The first-order valence-electron chi connectivity index (χ1n) is 9.33. The number of methoxy groups -OCH3 is 1. The van der Waals surface area contributed by atoms with Crippen LogP contribution >= 0.6 is 0 Å². The lowest BCUT2D eigenvalue weighted by atomic mass is 10.0. The molecule has 0 fully saturated rings. The molecule has 1 N–H and O–H groups in total. The van der Waals surface area contributed by atoms with Crippen LogP contribution in [-0.4, -0.2) is 37.6 Å². The van der Waals surface area contributed by atoms with Gasteiger partial charge in [-0.15, -0.1) is 0 Å². The number of carbonyl (C=O) groups excluding carboxylic acids is 1. The summed E-state index contributed by atoms with van der Waals surface area (Å²) in [6.45, 7) is 6.70. The molecule has 9 heteroatoms. The number of nitrogens with one attached hydrogen (secondary N) is 1. The van der Waals surface area contributed by atoms with Crippen LogP contribution in [0.25, 0.3) is 0 Å². The third kappa shape index (κ3) is 6.47. The Kier molecular flexibility index (Phi) is 8.16. The third-order valence-corrected chi connectivity index (χ3v) is 4.14. The van der Waals surface area contributed by atoms with E-state index < -0.39 is 11.0 Å². The molecule has 9 nitrogen and oxygen atoms in total. The second-order valence-electron chi connectivity index (χ2n) is 6.73. The Morgan fingerprint density at radius 1 is 1.17 bits per heavy atom. The minimum Gasteiger partial charge on any atom is -0.490 e. The van der Waals surface area contributed by atoms with Gasteiger partial charge in [0.15, 0.2) is 0 Å². The Hall–Kier alpha value is -3.62. The highest BCUT2D eigenvalue weighted by atomic mass is 16.6. The Morgan fingerprint density at radius 3 is 2.50 bits per heavy atom. The summed E-state index contributed by atoms with van der Waals surface area (Å²) in [6.07, 6.45) is 0.490. The fourth-order valence-corrected chi connectivity index (χ4v) is 2.63. The molecule has 0 bridgehead atoms. The average Bonchev–Trinajstić information content (AvgIpc) is 2.71. The summed E-state index contributed by atoms with van der Waals surface area (Å²) in [4.78, 5) is 21.6. The van der Waals surface area contributed by atoms with Crippen molar-refractivity contribution in [3.8, 4) is 11.5 Å². The van der Waals surface area contributed by atoms with Gasteiger partial charge in [0.25, 0.3) is 5.69 Å². The van der Waals surface area contributed by atoms with Crippen LogP contribution < -0.4 is 14.9 Å². The number of nitro groups is 1. The molecule has 0 radical (unpaired) electrons. The summed E-state index contributed by atoms with van der Waals surface area (Å²) in [6, 6.07) is 10.2. The van der Waals surface area contributed by atoms with Crippen molar-refractivity contribution in [2.75, 3.05) is 20.3 Å². The van der Waals surface area contributed by atoms with E-state index in [1.54, 1.807) is 0 Å². The number of aryl methyl sites for hydroxylation is 1. The van der Waals surface area contributed by atoms with Gasteiger partial charge >= 0.3 is 6.09 Å². The molecule has 0 aromatic heterocycles. The molecule has 2 aromatic carbocycles. The van der Waals surface area contributed by atoms with E-state index in [0.717, 1.165) is 16.9 Å². The largest absolute Gasteiger partial charge is 0.490 e. The van der Waals surface area contributed by atoms with Crippen molar-refractivity contribution in [3.63, 3.8) is 0 Å². The van der Waals surface area contributed by atoms with E-state index in [-0.39, 0.29) is 18.9 Å². The Labute approximate surface area is 174 Å². The van der Waals surface area contributed by atoms with Crippen LogP contribution in [0.15, 0.2) is 41.5 Å². The molecule has 0 atom stereocenters. The minimum absolute atomic E-state index is 0.126. The number of nitro benzene ring substituents is 1. The van der Waals surface area contributed by atoms with Crippen molar-refractivity contribution in [3.05, 3.63) is 63.2 Å². The zero-order valence-corrected chi connectivity index (χ0v) is 17.4. The molecule has 2 rings (SSSR count). The first kappa shape index (κ1) is 22.7. The average molecular weight is 415 g/mol. The summed E-state index contributed by atoms with van der Waals surface area (Å²) >= 11 is 0. The van der Waals surface area contributed by atoms with Crippen LogP contribution in [0, 0.1) is 17.0 Å². The molecule has 0 spiro atoms. The van der Waals surface area contributed by atoms with Crippen molar-refractivity contribution in [2.45, 2.75) is 26.7 Å². The van der Waals surface area contributed by atoms with Gasteiger partial charge < -0.3 is 14.2 Å². The van der Waals surface area contributed by atoms with Gasteiger partial charge in [-0.2, -0.15) is 5.10 Å². The van der Waals surface area contributed by atoms with Crippen molar-refractivity contribution in [1.82, 2.24) is 5.43 Å². The number of amides is 1. The van der Waals surface area contributed by atoms with Crippen LogP contribution in [0.1, 0.15) is 36.5 Å². The second-order valence-corrected chi connectivity index (χ2v) is 6.73. The number of hydrazone groups is 1. The zero-order chi connectivity index (χ0) is 22.1. The number of hydrogen-bond acceptors (Lipinski definition) is 7. The molecule has 160 valence electrons. The van der Waals surface area contributed by atoms with Gasteiger partial charge in [0.2, 0.25) is 0 Å². The molecular weight excluding hydrogens is 390 g/mol. The van der Waals surface area contributed by atoms with E-state index in [9.17, 15) is 14.9 Å². The highest BCUT2D eigenvalue weighted by Gasteiger charge is 2.12. The van der Waals surface area contributed by atoms with Crippen LogP contribution in [0.2, 0.25) is 0 Å². The molecular formula is C21H25N3O6. The highest BCUT2D eigenvalue weighted by molar-refractivity contribution is 5.85. The van der Waals surface area contributed by atoms with E-state index in [4.69, 9.17) is 9.47 Å². The van der Waals surface area contributed by atoms with Crippen molar-refractivity contribution >= 4 is 18.0 Å². The molecule has 1 amide bonds. The Balaban J connectivity index is 2.06. The van der Waals surface area contributed by atoms with Crippen LogP contribution in [0.5, 0.6) is 11.5 Å². The fraction of sp³-hybridized carbons (Fsp3) is 0.333. The number of ether oxygens (including phenoxy) is 3. The SMILES string of the molecule is COC(=O)NN=Cc1cc([N+](=O)[O-])ccc1OCCOc1cc(C)ccc1C(C)C. The lowest BCUT2D eigenvalue weighted by molar-refractivity contribution is -0.384. The lowest BCUT2D eigenvalue weighted by Gasteiger charge is -2.15. The van der Waals surface area contributed by atoms with Crippen molar-refractivity contribution in [2.24, 2.45) is 5.10 Å². The summed E-state index contributed by atoms with van der Waals surface area (Å²) in [5, 5.41) is 14.7. The van der Waals surface area contributed by atoms with E-state index in [2.05, 4.69) is 35.2 Å². The van der Waals surface area contributed by atoms with Crippen LogP contribution in [0.4, 0.5) is 10.5 Å². The number of nitrogens with zero attached hydrogens (tertiary/aromatic N) is 2. The predicted octanol–water partition coefficient (Wildman–Crippen LogP) is 4.17. The molecule has 0 heterocycles. The molecule has 0 aliphatic carbocycles. The number of rotatable bonds is 9. The number of carbonyl (C=O) groups is 1. The topological polar surface area (TPSA) is 112 Å². The van der Waals surface area contributed by atoms with Crippen molar-refractivity contribution < 1.29 is 23.9 Å². The second kappa shape index (κ2) is 10.8. The Bertz CT molecular complexity index is 927. The van der Waals surface area contributed by atoms with Gasteiger partial charge in [-0.3, -0.25) is 10.1 Å². The van der Waals surface area contributed by atoms with Crippen LogP contribution in [0.3, 0.4) is 0 Å². The van der Waals surface area contributed by atoms with E-state index >= 15 is 0 Å². The normalized spacial score (nSPS) is 10.8. The molecule has 0 aliphatic heterocycles. The first-order valence-corrected chi connectivity index (χ1v) is 9.33. The molecule has 30 heavy (non-hydrogen) atoms. The predicted molar refractivity (Wildman–Crippen MR) is 112 cm³/mol. The zero-order valence-electron chi connectivity index (χ0n) is 17.4. The molecule has 2 aromatic rings. The fourth-order valence-electron chi connectivity index (χ4n) is 2.63. The quantitative estimate of drug-likeness (QED) is 0.285. The molecule has 0 aliphatic rings. The van der Waals surface area contributed by atoms with Gasteiger partial charge in [0.05, 0.1) is 18.2 Å². The van der Waals surface area contributed by atoms with Gasteiger partial charge in [-0.05, 0) is 36.1 Å². The number of benzene rings is 2. The maximum absolute atomic E-state index is 11.1. The van der Waals surface area contributed by atoms with Crippen LogP contribution in [-0.2, 0) is 4.74 Å². The summed E-state index contributed by atoms with van der Waals surface area (Å²) < 4.78 is 16.0.